The van der Waals surface area contributed by atoms with Gasteiger partial charge in [-0.3, -0.25) is 0 Å². The van der Waals surface area contributed by atoms with Crippen molar-refractivity contribution in [3.8, 4) is 0 Å². The van der Waals surface area contributed by atoms with Gasteiger partial charge in [0.1, 0.15) is 0 Å². The maximum absolute atomic E-state index is 12.6. The maximum Gasteiger partial charge on any atom is 0.443 e. The molecule has 0 saturated heterocycles. The highest BCUT2D eigenvalue weighted by Gasteiger charge is 2.35. The minimum atomic E-state index is -4.42. The molecular formula is C15H17F3N2S. The second-order valence-corrected chi connectivity index (χ2v) is 6.94. The van der Waals surface area contributed by atoms with Crippen LogP contribution in [0.3, 0.4) is 0 Å². The SMILES string of the molecule is CC(C)(C)c1ccccc1C(N)c1cnc(C(F)(F)F)s1. The Labute approximate surface area is 125 Å². The Morgan fingerprint density at radius 1 is 1.14 bits per heavy atom. The molecule has 0 aliphatic rings. The predicted molar refractivity (Wildman–Crippen MR) is 78.3 cm³/mol. The van der Waals surface area contributed by atoms with E-state index in [4.69, 9.17) is 5.73 Å². The zero-order chi connectivity index (χ0) is 15.8. The van der Waals surface area contributed by atoms with E-state index < -0.39 is 17.2 Å². The fraction of sp³-hybridized carbons (Fsp3) is 0.400. The molecule has 2 N–H and O–H groups in total. The van der Waals surface area contributed by atoms with Crippen molar-refractivity contribution < 1.29 is 13.2 Å². The van der Waals surface area contributed by atoms with E-state index in [0.29, 0.717) is 16.2 Å². The highest BCUT2D eigenvalue weighted by molar-refractivity contribution is 7.11. The highest BCUT2D eigenvalue weighted by atomic mass is 32.1. The fourth-order valence-corrected chi connectivity index (χ4v) is 2.97. The van der Waals surface area contributed by atoms with Crippen LogP contribution in [0.15, 0.2) is 30.5 Å². The van der Waals surface area contributed by atoms with Gasteiger partial charge >= 0.3 is 6.18 Å². The Balaban J connectivity index is 2.42. The third kappa shape index (κ3) is 3.44. The first kappa shape index (κ1) is 16.0. The van der Waals surface area contributed by atoms with Gasteiger partial charge in [0.25, 0.3) is 0 Å². The summed E-state index contributed by atoms with van der Waals surface area (Å²) in [6.07, 6.45) is -3.20. The zero-order valence-electron chi connectivity index (χ0n) is 12.0. The van der Waals surface area contributed by atoms with Crippen molar-refractivity contribution in [2.75, 3.05) is 0 Å². The first-order valence-corrected chi connectivity index (χ1v) is 7.30. The van der Waals surface area contributed by atoms with E-state index in [0.717, 1.165) is 11.1 Å². The van der Waals surface area contributed by atoms with Crippen molar-refractivity contribution >= 4 is 11.3 Å². The first-order chi connectivity index (χ1) is 9.60. The molecule has 0 amide bonds. The molecule has 1 unspecified atom stereocenters. The number of rotatable bonds is 2. The molecule has 1 aromatic heterocycles. The van der Waals surface area contributed by atoms with E-state index in [-0.39, 0.29) is 5.41 Å². The molecule has 1 aromatic carbocycles. The van der Waals surface area contributed by atoms with Crippen LogP contribution in [0.25, 0.3) is 0 Å². The summed E-state index contributed by atoms with van der Waals surface area (Å²) in [6.45, 7) is 6.14. The lowest BCUT2D eigenvalue weighted by Gasteiger charge is -2.25. The van der Waals surface area contributed by atoms with Crippen molar-refractivity contribution in [3.63, 3.8) is 0 Å². The van der Waals surface area contributed by atoms with Crippen molar-refractivity contribution in [2.45, 2.75) is 38.4 Å². The van der Waals surface area contributed by atoms with Crippen LogP contribution >= 0.6 is 11.3 Å². The average molecular weight is 314 g/mol. The Morgan fingerprint density at radius 2 is 1.76 bits per heavy atom. The lowest BCUT2D eigenvalue weighted by molar-refractivity contribution is -0.137. The average Bonchev–Trinajstić information content (AvgIpc) is 2.86. The number of hydrogen-bond donors (Lipinski definition) is 1. The van der Waals surface area contributed by atoms with Crippen molar-refractivity contribution in [1.82, 2.24) is 4.98 Å². The number of thiazole rings is 1. The van der Waals surface area contributed by atoms with Gasteiger partial charge in [-0.05, 0) is 16.5 Å². The minimum Gasteiger partial charge on any atom is -0.320 e. The summed E-state index contributed by atoms with van der Waals surface area (Å²) in [5, 5.41) is -0.860. The molecule has 6 heteroatoms. The number of aromatic nitrogens is 1. The zero-order valence-corrected chi connectivity index (χ0v) is 12.8. The summed E-state index contributed by atoms with van der Waals surface area (Å²) in [5.74, 6) is 0. The van der Waals surface area contributed by atoms with E-state index in [9.17, 15) is 13.2 Å². The van der Waals surface area contributed by atoms with Crippen molar-refractivity contribution in [1.29, 1.82) is 0 Å². The molecule has 2 nitrogen and oxygen atoms in total. The molecule has 0 aliphatic carbocycles. The molecule has 0 spiro atoms. The van der Waals surface area contributed by atoms with E-state index in [1.165, 1.54) is 6.20 Å². The van der Waals surface area contributed by atoms with Gasteiger partial charge in [-0.15, -0.1) is 11.3 Å². The van der Waals surface area contributed by atoms with Crippen LogP contribution in [0.5, 0.6) is 0 Å². The third-order valence-corrected chi connectivity index (χ3v) is 4.30. The maximum atomic E-state index is 12.6. The Morgan fingerprint density at radius 3 is 2.29 bits per heavy atom. The van der Waals surface area contributed by atoms with Gasteiger partial charge in [0, 0.05) is 11.1 Å². The van der Waals surface area contributed by atoms with Crippen LogP contribution in [0.2, 0.25) is 0 Å². The molecule has 1 atom stereocenters. The normalized spacial score (nSPS) is 14.2. The number of benzene rings is 1. The van der Waals surface area contributed by atoms with Crippen molar-refractivity contribution in [3.05, 3.63) is 51.5 Å². The van der Waals surface area contributed by atoms with Gasteiger partial charge in [-0.2, -0.15) is 13.2 Å². The second kappa shape index (κ2) is 5.42. The number of nitrogens with two attached hydrogens (primary N) is 1. The minimum absolute atomic E-state index is 0.133. The van der Waals surface area contributed by atoms with Gasteiger partial charge < -0.3 is 5.73 Å². The topological polar surface area (TPSA) is 38.9 Å². The summed E-state index contributed by atoms with van der Waals surface area (Å²) in [4.78, 5) is 3.86. The summed E-state index contributed by atoms with van der Waals surface area (Å²) >= 11 is 0.601. The number of halogens is 3. The molecule has 2 rings (SSSR count). The van der Waals surface area contributed by atoms with Crippen LogP contribution in [0, 0.1) is 0 Å². The van der Waals surface area contributed by atoms with E-state index in [2.05, 4.69) is 4.98 Å². The second-order valence-electron chi connectivity index (χ2n) is 5.88. The summed E-state index contributed by atoms with van der Waals surface area (Å²) in [7, 11) is 0. The van der Waals surface area contributed by atoms with E-state index >= 15 is 0 Å². The van der Waals surface area contributed by atoms with Crippen LogP contribution in [0.1, 0.15) is 47.8 Å². The number of hydrogen-bond acceptors (Lipinski definition) is 3. The number of alkyl halides is 3. The molecular weight excluding hydrogens is 297 g/mol. The van der Waals surface area contributed by atoms with Gasteiger partial charge in [-0.1, -0.05) is 45.0 Å². The largest absolute Gasteiger partial charge is 0.443 e. The van der Waals surface area contributed by atoms with Gasteiger partial charge in [0.15, 0.2) is 5.01 Å². The lowest BCUT2D eigenvalue weighted by atomic mass is 9.82. The molecule has 0 saturated carbocycles. The Hall–Kier alpha value is -1.40. The fourth-order valence-electron chi connectivity index (χ4n) is 2.17. The summed E-state index contributed by atoms with van der Waals surface area (Å²) in [6, 6.07) is 6.97. The van der Waals surface area contributed by atoms with Crippen molar-refractivity contribution in [2.24, 2.45) is 5.73 Å². The molecule has 21 heavy (non-hydrogen) atoms. The summed E-state index contributed by atoms with van der Waals surface area (Å²) in [5.41, 5.74) is 7.90. The predicted octanol–water partition coefficient (Wildman–Crippen LogP) is 4.51. The lowest BCUT2D eigenvalue weighted by Crippen LogP contribution is -2.20. The Bertz CT molecular complexity index is 626. The highest BCUT2D eigenvalue weighted by Crippen LogP contribution is 2.37. The monoisotopic (exact) mass is 314 g/mol. The van der Waals surface area contributed by atoms with Gasteiger partial charge in [-0.25, -0.2) is 4.98 Å². The van der Waals surface area contributed by atoms with Crippen LogP contribution in [-0.4, -0.2) is 4.98 Å². The standard InChI is InChI=1S/C15H17F3N2S/c1-14(2,3)10-7-5-4-6-9(10)12(19)11-8-20-13(21-11)15(16,17)18/h4-8,12H,19H2,1-3H3. The van der Waals surface area contributed by atoms with Gasteiger partial charge in [0.05, 0.1) is 6.04 Å². The molecule has 1 heterocycles. The molecule has 114 valence electrons. The van der Waals surface area contributed by atoms with E-state index in [1.807, 2.05) is 45.0 Å². The quantitative estimate of drug-likeness (QED) is 0.886. The van der Waals surface area contributed by atoms with Crippen LogP contribution < -0.4 is 5.73 Å². The Kier molecular flexibility index (Phi) is 4.13. The molecule has 0 radical (unpaired) electrons. The smallest absolute Gasteiger partial charge is 0.320 e. The molecule has 0 aliphatic heterocycles. The molecule has 0 fully saturated rings. The number of nitrogens with zero attached hydrogens (tertiary/aromatic N) is 1. The van der Waals surface area contributed by atoms with Gasteiger partial charge in [0.2, 0.25) is 0 Å². The van der Waals surface area contributed by atoms with E-state index in [1.54, 1.807) is 0 Å². The summed E-state index contributed by atoms with van der Waals surface area (Å²) < 4.78 is 37.9. The first-order valence-electron chi connectivity index (χ1n) is 6.48. The van der Waals surface area contributed by atoms with Crippen LogP contribution in [-0.2, 0) is 11.6 Å². The molecule has 0 bridgehead atoms. The molecule has 2 aromatic rings. The van der Waals surface area contributed by atoms with Crippen LogP contribution in [0.4, 0.5) is 13.2 Å². The third-order valence-electron chi connectivity index (χ3n) is 3.18.